The van der Waals surface area contributed by atoms with Crippen LogP contribution in [0.15, 0.2) is 24.5 Å². The van der Waals surface area contributed by atoms with Crippen molar-refractivity contribution >= 4 is 23.5 Å². The standard InChI is InChI=1S/C25H35ClN4O4/c1-17-11-21(12-18(2)22(17)23(33)29-25(3,15-31)16-32)34-10-4-5-19-6-8-30(9-7-19)24-27-13-20(26)14-28-24/h11-14,19,31-32H,4-10,15-16H2,1-3H3,(H,29,33). The van der Waals surface area contributed by atoms with E-state index in [4.69, 9.17) is 16.3 Å². The number of hydrogen-bond acceptors (Lipinski definition) is 7. The largest absolute Gasteiger partial charge is 0.494 e. The summed E-state index contributed by atoms with van der Waals surface area (Å²) in [6.07, 6.45) is 7.56. The third-order valence-corrected chi connectivity index (χ3v) is 6.57. The lowest BCUT2D eigenvalue weighted by Gasteiger charge is -2.32. The van der Waals surface area contributed by atoms with E-state index in [1.165, 1.54) is 0 Å². The van der Waals surface area contributed by atoms with Crippen LogP contribution in [0.25, 0.3) is 0 Å². The first-order chi connectivity index (χ1) is 16.2. The van der Waals surface area contributed by atoms with Crippen molar-refractivity contribution in [1.29, 1.82) is 0 Å². The molecule has 2 aromatic rings. The number of piperidine rings is 1. The second-order valence-electron chi connectivity index (χ2n) is 9.39. The number of rotatable bonds is 10. The summed E-state index contributed by atoms with van der Waals surface area (Å²) >= 11 is 5.87. The Kier molecular flexibility index (Phi) is 9.10. The third kappa shape index (κ3) is 6.81. The summed E-state index contributed by atoms with van der Waals surface area (Å²) in [5.74, 6) is 1.83. The Morgan fingerprint density at radius 3 is 2.32 bits per heavy atom. The van der Waals surface area contributed by atoms with E-state index >= 15 is 0 Å². The van der Waals surface area contributed by atoms with Crippen LogP contribution in [0.2, 0.25) is 5.02 Å². The molecule has 1 fully saturated rings. The highest BCUT2D eigenvalue weighted by molar-refractivity contribution is 6.30. The number of benzene rings is 1. The maximum absolute atomic E-state index is 12.7. The summed E-state index contributed by atoms with van der Waals surface area (Å²) in [6, 6.07) is 3.73. The van der Waals surface area contributed by atoms with Crippen LogP contribution in [0.4, 0.5) is 5.95 Å². The zero-order valence-corrected chi connectivity index (χ0v) is 20.9. The second-order valence-corrected chi connectivity index (χ2v) is 9.82. The van der Waals surface area contributed by atoms with E-state index in [1.54, 1.807) is 19.3 Å². The number of carbonyl (C=O) groups excluding carboxylic acids is 1. The van der Waals surface area contributed by atoms with E-state index in [-0.39, 0.29) is 19.1 Å². The van der Waals surface area contributed by atoms with E-state index in [0.717, 1.165) is 61.6 Å². The lowest BCUT2D eigenvalue weighted by Crippen LogP contribution is -2.52. The van der Waals surface area contributed by atoms with E-state index in [9.17, 15) is 15.0 Å². The van der Waals surface area contributed by atoms with Crippen LogP contribution < -0.4 is 15.0 Å². The molecule has 3 rings (SSSR count). The number of aromatic nitrogens is 2. The number of halogens is 1. The molecule has 3 N–H and O–H groups in total. The monoisotopic (exact) mass is 490 g/mol. The van der Waals surface area contributed by atoms with Crippen molar-refractivity contribution in [2.45, 2.75) is 52.0 Å². The lowest BCUT2D eigenvalue weighted by molar-refractivity contribution is 0.0722. The molecule has 0 saturated carbocycles. The molecule has 1 amide bonds. The number of nitrogens with zero attached hydrogens (tertiary/aromatic N) is 3. The maximum atomic E-state index is 12.7. The van der Waals surface area contributed by atoms with Crippen LogP contribution in [0.5, 0.6) is 5.75 Å². The molecule has 0 atom stereocenters. The van der Waals surface area contributed by atoms with Crippen LogP contribution in [-0.4, -0.2) is 64.5 Å². The molecule has 9 heteroatoms. The van der Waals surface area contributed by atoms with Gasteiger partial charge < -0.3 is 25.2 Å². The number of amides is 1. The summed E-state index contributed by atoms with van der Waals surface area (Å²) in [4.78, 5) is 23.5. The summed E-state index contributed by atoms with van der Waals surface area (Å²) < 4.78 is 5.98. The average Bonchev–Trinajstić information content (AvgIpc) is 2.82. The molecule has 0 unspecified atom stereocenters. The predicted molar refractivity (Wildman–Crippen MR) is 133 cm³/mol. The number of aryl methyl sites for hydroxylation is 2. The van der Waals surface area contributed by atoms with Crippen LogP contribution in [0, 0.1) is 19.8 Å². The maximum Gasteiger partial charge on any atom is 0.252 e. The highest BCUT2D eigenvalue weighted by atomic mass is 35.5. The van der Waals surface area contributed by atoms with Gasteiger partial charge >= 0.3 is 0 Å². The number of carbonyl (C=O) groups is 1. The van der Waals surface area contributed by atoms with Gasteiger partial charge in [0.2, 0.25) is 5.95 Å². The smallest absolute Gasteiger partial charge is 0.252 e. The summed E-state index contributed by atoms with van der Waals surface area (Å²) in [7, 11) is 0. The Hall–Kier alpha value is -2.42. The average molecular weight is 491 g/mol. The van der Waals surface area contributed by atoms with Crippen molar-refractivity contribution < 1.29 is 19.7 Å². The van der Waals surface area contributed by atoms with Gasteiger partial charge in [0.1, 0.15) is 5.75 Å². The van der Waals surface area contributed by atoms with Crippen molar-refractivity contribution in [3.8, 4) is 5.75 Å². The minimum atomic E-state index is -1.07. The molecule has 0 radical (unpaired) electrons. The summed E-state index contributed by atoms with van der Waals surface area (Å²) in [6.45, 7) is 7.15. The fourth-order valence-corrected chi connectivity index (χ4v) is 4.38. The predicted octanol–water partition coefficient (Wildman–Crippen LogP) is 3.30. The van der Waals surface area contributed by atoms with Gasteiger partial charge in [0.25, 0.3) is 5.91 Å². The highest BCUT2D eigenvalue weighted by Gasteiger charge is 2.27. The molecule has 0 spiro atoms. The SMILES string of the molecule is Cc1cc(OCCCC2CCN(c3ncc(Cl)cn3)CC2)cc(C)c1C(=O)NC(C)(CO)CO. The third-order valence-electron chi connectivity index (χ3n) is 6.38. The molecule has 1 aromatic heterocycles. The summed E-state index contributed by atoms with van der Waals surface area (Å²) in [5.41, 5.74) is 1.06. The fourth-order valence-electron chi connectivity index (χ4n) is 4.28. The van der Waals surface area contributed by atoms with Gasteiger partial charge in [-0.3, -0.25) is 4.79 Å². The Bertz CT molecular complexity index is 935. The Morgan fingerprint density at radius 2 is 1.76 bits per heavy atom. The van der Waals surface area contributed by atoms with E-state index < -0.39 is 5.54 Å². The number of nitrogens with one attached hydrogen (secondary N) is 1. The highest BCUT2D eigenvalue weighted by Crippen LogP contribution is 2.26. The summed E-state index contributed by atoms with van der Waals surface area (Å²) in [5, 5.41) is 22.2. The number of aliphatic hydroxyl groups excluding tert-OH is 2. The van der Waals surface area contributed by atoms with Crippen LogP contribution in [0.3, 0.4) is 0 Å². The first kappa shape index (κ1) is 26.2. The first-order valence-corrected chi connectivity index (χ1v) is 12.1. The van der Waals surface area contributed by atoms with Crippen LogP contribution in [0.1, 0.15) is 54.1 Å². The molecule has 8 nitrogen and oxygen atoms in total. The Morgan fingerprint density at radius 1 is 1.18 bits per heavy atom. The first-order valence-electron chi connectivity index (χ1n) is 11.8. The molecule has 0 bridgehead atoms. The molecule has 1 saturated heterocycles. The molecular formula is C25H35ClN4O4. The van der Waals surface area contributed by atoms with E-state index in [2.05, 4.69) is 20.2 Å². The molecule has 186 valence electrons. The molecule has 1 aromatic carbocycles. The number of anilines is 1. The lowest BCUT2D eigenvalue weighted by atomic mass is 9.92. The number of ether oxygens (including phenoxy) is 1. The van der Waals surface area contributed by atoms with Gasteiger partial charge in [0, 0.05) is 18.7 Å². The van der Waals surface area contributed by atoms with E-state index in [0.29, 0.717) is 23.1 Å². The Balaban J connectivity index is 1.45. The molecule has 1 aliphatic heterocycles. The zero-order chi connectivity index (χ0) is 24.7. The number of aliphatic hydroxyl groups is 2. The quantitative estimate of drug-likeness (QED) is 0.438. The minimum Gasteiger partial charge on any atom is -0.494 e. The zero-order valence-electron chi connectivity index (χ0n) is 20.2. The van der Waals surface area contributed by atoms with Gasteiger partial charge in [-0.25, -0.2) is 9.97 Å². The van der Waals surface area contributed by atoms with Crippen LogP contribution in [-0.2, 0) is 0 Å². The Labute approximate surface area is 206 Å². The van der Waals surface area contributed by atoms with Crippen molar-refractivity contribution in [3.63, 3.8) is 0 Å². The molecule has 2 heterocycles. The van der Waals surface area contributed by atoms with E-state index in [1.807, 2.05) is 26.0 Å². The van der Waals surface area contributed by atoms with Gasteiger partial charge in [-0.2, -0.15) is 0 Å². The normalized spacial score (nSPS) is 14.8. The molecular weight excluding hydrogens is 456 g/mol. The van der Waals surface area contributed by atoms with Crippen molar-refractivity contribution in [3.05, 3.63) is 46.2 Å². The van der Waals surface area contributed by atoms with Gasteiger partial charge in [0.15, 0.2) is 0 Å². The minimum absolute atomic E-state index is 0.317. The van der Waals surface area contributed by atoms with Crippen molar-refractivity contribution in [2.75, 3.05) is 37.8 Å². The van der Waals surface area contributed by atoms with Gasteiger partial charge in [-0.05, 0) is 75.6 Å². The van der Waals surface area contributed by atoms with Crippen LogP contribution >= 0.6 is 11.6 Å². The second kappa shape index (κ2) is 11.8. The fraction of sp³-hybridized carbons (Fsp3) is 0.560. The van der Waals surface area contributed by atoms with Crippen molar-refractivity contribution in [1.82, 2.24) is 15.3 Å². The van der Waals surface area contributed by atoms with Gasteiger partial charge in [0.05, 0.1) is 42.8 Å². The number of hydrogen-bond donors (Lipinski definition) is 3. The van der Waals surface area contributed by atoms with Gasteiger partial charge in [-0.1, -0.05) is 11.6 Å². The molecule has 1 aliphatic rings. The topological polar surface area (TPSA) is 108 Å². The molecule has 34 heavy (non-hydrogen) atoms. The van der Waals surface area contributed by atoms with Crippen molar-refractivity contribution in [2.24, 2.45) is 5.92 Å². The molecule has 0 aliphatic carbocycles. The van der Waals surface area contributed by atoms with Gasteiger partial charge in [-0.15, -0.1) is 0 Å².